The number of likely N-dealkylation sites (tertiary alicyclic amines) is 1. The Kier molecular flexibility index (Phi) is 5.21. The van der Waals surface area contributed by atoms with Crippen molar-refractivity contribution >= 4 is 34.6 Å². The molecule has 6 rings (SSSR count). The molecule has 0 atom stereocenters. The first-order chi connectivity index (χ1) is 16.9. The number of amides is 2. The lowest BCUT2D eigenvalue weighted by molar-refractivity contribution is -0.0251. The van der Waals surface area contributed by atoms with Gasteiger partial charge in [-0.1, -0.05) is 18.9 Å². The van der Waals surface area contributed by atoms with E-state index in [0.717, 1.165) is 62.9 Å². The van der Waals surface area contributed by atoms with Crippen LogP contribution in [0.25, 0.3) is 11.0 Å². The molecule has 3 aliphatic rings. The molecule has 182 valence electrons. The van der Waals surface area contributed by atoms with Crippen molar-refractivity contribution in [1.82, 2.24) is 34.6 Å². The molecule has 35 heavy (non-hydrogen) atoms. The van der Waals surface area contributed by atoms with Crippen molar-refractivity contribution in [3.8, 4) is 0 Å². The topological polar surface area (TPSA) is 108 Å². The van der Waals surface area contributed by atoms with E-state index >= 15 is 0 Å². The Morgan fingerprint density at radius 3 is 2.60 bits per heavy atom. The predicted octanol–water partition coefficient (Wildman–Crippen LogP) is 2.43. The zero-order valence-electron chi connectivity index (χ0n) is 20.1. The van der Waals surface area contributed by atoms with Gasteiger partial charge in [0.15, 0.2) is 0 Å². The first-order valence-electron chi connectivity index (χ1n) is 12.3. The predicted molar refractivity (Wildman–Crippen MR) is 132 cm³/mol. The van der Waals surface area contributed by atoms with Crippen LogP contribution >= 0.6 is 0 Å². The first kappa shape index (κ1) is 22.0. The number of fused-ring (bicyclic) bond motifs is 1. The van der Waals surface area contributed by atoms with Gasteiger partial charge in [0.1, 0.15) is 22.9 Å². The second kappa shape index (κ2) is 8.30. The van der Waals surface area contributed by atoms with Crippen LogP contribution in [-0.4, -0.2) is 81.4 Å². The van der Waals surface area contributed by atoms with E-state index in [9.17, 15) is 9.59 Å². The molecular weight excluding hydrogens is 444 g/mol. The molecule has 10 nitrogen and oxygen atoms in total. The number of aromatic nitrogens is 4. The molecule has 3 fully saturated rings. The Morgan fingerprint density at radius 1 is 1.14 bits per heavy atom. The minimum atomic E-state index is -0.0514. The summed E-state index contributed by atoms with van der Waals surface area (Å²) in [6.45, 7) is 3.53. The quantitative estimate of drug-likeness (QED) is 0.585. The van der Waals surface area contributed by atoms with Crippen molar-refractivity contribution < 1.29 is 9.59 Å². The van der Waals surface area contributed by atoms with Crippen LogP contribution in [0.2, 0.25) is 0 Å². The lowest BCUT2D eigenvalue weighted by atomic mass is 9.74. The van der Waals surface area contributed by atoms with Crippen LogP contribution in [0.4, 0.5) is 11.8 Å². The highest BCUT2D eigenvalue weighted by Gasteiger charge is 2.49. The molecule has 1 spiro atoms. The lowest BCUT2D eigenvalue weighted by Crippen LogP contribution is -2.71. The number of nitrogens with one attached hydrogen (secondary N) is 2. The fourth-order valence-corrected chi connectivity index (χ4v) is 5.50. The van der Waals surface area contributed by atoms with E-state index in [1.54, 1.807) is 37.3 Å². The van der Waals surface area contributed by atoms with Crippen LogP contribution < -0.4 is 10.6 Å². The van der Waals surface area contributed by atoms with E-state index in [4.69, 9.17) is 4.98 Å². The van der Waals surface area contributed by atoms with Crippen LogP contribution in [0.15, 0.2) is 30.5 Å². The van der Waals surface area contributed by atoms with Crippen LogP contribution in [0.3, 0.4) is 0 Å². The third kappa shape index (κ3) is 3.81. The second-order valence-electron chi connectivity index (χ2n) is 10.3. The Bertz CT molecular complexity index is 1300. The van der Waals surface area contributed by atoms with Crippen LogP contribution in [0, 0.1) is 5.41 Å². The van der Waals surface area contributed by atoms with Crippen molar-refractivity contribution in [2.24, 2.45) is 5.41 Å². The minimum Gasteiger partial charge on any atom is -0.343 e. The largest absolute Gasteiger partial charge is 0.343 e. The normalized spacial score (nSPS) is 19.0. The maximum Gasteiger partial charge on any atom is 0.272 e. The average molecular weight is 475 g/mol. The fourth-order valence-electron chi connectivity index (χ4n) is 5.50. The molecule has 1 aliphatic carbocycles. The molecule has 3 aromatic rings. The van der Waals surface area contributed by atoms with Crippen molar-refractivity contribution in [2.75, 3.05) is 45.6 Å². The third-order valence-electron chi connectivity index (χ3n) is 7.44. The maximum absolute atomic E-state index is 12.9. The van der Waals surface area contributed by atoms with Gasteiger partial charge in [-0.3, -0.25) is 9.59 Å². The van der Waals surface area contributed by atoms with Crippen LogP contribution in [0.1, 0.15) is 52.7 Å². The highest BCUT2D eigenvalue weighted by Crippen LogP contribution is 2.36. The van der Waals surface area contributed by atoms with E-state index in [-0.39, 0.29) is 23.3 Å². The van der Waals surface area contributed by atoms with Gasteiger partial charge in [0.05, 0.1) is 0 Å². The van der Waals surface area contributed by atoms with Gasteiger partial charge in [0.25, 0.3) is 11.8 Å². The van der Waals surface area contributed by atoms with Gasteiger partial charge >= 0.3 is 0 Å². The molecule has 2 saturated heterocycles. The monoisotopic (exact) mass is 474 g/mol. The van der Waals surface area contributed by atoms with Gasteiger partial charge in [0, 0.05) is 63.3 Å². The molecule has 2 amide bonds. The van der Waals surface area contributed by atoms with Crippen LogP contribution in [-0.2, 0) is 0 Å². The molecule has 0 unspecified atom stereocenters. The summed E-state index contributed by atoms with van der Waals surface area (Å²) in [6, 6.07) is 7.49. The summed E-state index contributed by atoms with van der Waals surface area (Å²) in [5, 5.41) is 7.28. The number of hydrogen-bond donors (Lipinski definition) is 2. The van der Waals surface area contributed by atoms with E-state index < -0.39 is 0 Å². The summed E-state index contributed by atoms with van der Waals surface area (Å²) in [7, 11) is 3.53. The van der Waals surface area contributed by atoms with Gasteiger partial charge in [0.2, 0.25) is 5.95 Å². The zero-order chi connectivity index (χ0) is 24.2. The molecule has 0 aromatic carbocycles. The molecule has 5 heterocycles. The standard InChI is InChI=1S/C25H30N8O2/c1-31(2)23(35)19-10-16-11-27-24(30-21(16)33(19)17-6-3-4-7-17)29-20-9-5-8-18(28-20)22(34)32-14-25(15-32)12-26-13-25/h5,8-11,17,26H,3-4,6-7,12-15H2,1-2H3,(H,27,28,29,30). The van der Waals surface area contributed by atoms with Gasteiger partial charge in [-0.05, 0) is 31.0 Å². The smallest absolute Gasteiger partial charge is 0.272 e. The van der Waals surface area contributed by atoms with E-state index in [0.29, 0.717) is 23.2 Å². The number of anilines is 2. The van der Waals surface area contributed by atoms with Crippen molar-refractivity contribution in [3.05, 3.63) is 41.9 Å². The molecule has 0 bridgehead atoms. The average Bonchev–Trinajstić information content (AvgIpc) is 3.44. The Balaban J connectivity index is 1.27. The molecule has 10 heteroatoms. The molecular formula is C25H30N8O2. The lowest BCUT2D eigenvalue weighted by Gasteiger charge is -2.55. The van der Waals surface area contributed by atoms with E-state index in [1.807, 2.05) is 17.0 Å². The molecule has 0 radical (unpaired) electrons. The number of nitrogens with zero attached hydrogens (tertiary/aromatic N) is 6. The first-order valence-corrected chi connectivity index (χ1v) is 12.3. The van der Waals surface area contributed by atoms with Crippen molar-refractivity contribution in [3.63, 3.8) is 0 Å². The zero-order valence-corrected chi connectivity index (χ0v) is 20.1. The van der Waals surface area contributed by atoms with E-state index in [1.165, 1.54) is 0 Å². The SMILES string of the molecule is CN(C)C(=O)c1cc2cnc(Nc3cccc(C(=O)N4CC5(CNC5)C4)n3)nc2n1C1CCCC1. The number of pyridine rings is 1. The van der Waals surface area contributed by atoms with Gasteiger partial charge in [-0.25, -0.2) is 9.97 Å². The van der Waals surface area contributed by atoms with E-state index in [2.05, 4.69) is 25.2 Å². The molecule has 3 aromatic heterocycles. The summed E-state index contributed by atoms with van der Waals surface area (Å²) in [6.07, 6.45) is 6.10. The highest BCUT2D eigenvalue weighted by atomic mass is 16.2. The summed E-state index contributed by atoms with van der Waals surface area (Å²) in [5.74, 6) is 0.811. The minimum absolute atomic E-state index is 0.0391. The van der Waals surface area contributed by atoms with Gasteiger partial charge in [-0.15, -0.1) is 0 Å². The Labute approximate surface area is 203 Å². The highest BCUT2D eigenvalue weighted by molar-refractivity contribution is 5.98. The number of rotatable bonds is 5. The third-order valence-corrected chi connectivity index (χ3v) is 7.44. The summed E-state index contributed by atoms with van der Waals surface area (Å²) >= 11 is 0. The van der Waals surface area contributed by atoms with Crippen LogP contribution in [0.5, 0.6) is 0 Å². The van der Waals surface area contributed by atoms with Gasteiger partial charge < -0.3 is 25.0 Å². The summed E-state index contributed by atoms with van der Waals surface area (Å²) in [4.78, 5) is 43.0. The molecule has 1 saturated carbocycles. The Morgan fingerprint density at radius 2 is 1.91 bits per heavy atom. The number of carbonyl (C=O) groups excluding carboxylic acids is 2. The number of carbonyl (C=O) groups is 2. The summed E-state index contributed by atoms with van der Waals surface area (Å²) < 4.78 is 2.08. The van der Waals surface area contributed by atoms with Crippen molar-refractivity contribution in [2.45, 2.75) is 31.7 Å². The second-order valence-corrected chi connectivity index (χ2v) is 10.3. The molecule has 2 N–H and O–H groups in total. The fraction of sp³-hybridized carbons (Fsp3) is 0.480. The molecule has 2 aliphatic heterocycles. The number of hydrogen-bond acceptors (Lipinski definition) is 7. The van der Waals surface area contributed by atoms with Gasteiger partial charge in [-0.2, -0.15) is 4.98 Å². The summed E-state index contributed by atoms with van der Waals surface area (Å²) in [5.41, 5.74) is 2.07. The Hall–Kier alpha value is -3.53. The maximum atomic E-state index is 12.9. The van der Waals surface area contributed by atoms with Crippen molar-refractivity contribution in [1.29, 1.82) is 0 Å².